The molecule has 2 N–H and O–H groups in total. The first-order valence-corrected chi connectivity index (χ1v) is 8.22. The summed E-state index contributed by atoms with van der Waals surface area (Å²) in [7, 11) is 0. The van der Waals surface area contributed by atoms with Crippen molar-refractivity contribution in [3.05, 3.63) is 63.1 Å². The third-order valence-electron chi connectivity index (χ3n) is 3.63. The summed E-state index contributed by atoms with van der Waals surface area (Å²) in [6.07, 6.45) is 0. The van der Waals surface area contributed by atoms with Gasteiger partial charge in [-0.3, -0.25) is 0 Å². The van der Waals surface area contributed by atoms with Crippen LogP contribution in [0.15, 0.2) is 46.9 Å². The van der Waals surface area contributed by atoms with Gasteiger partial charge in [0.1, 0.15) is 0 Å². The van der Waals surface area contributed by atoms with Gasteiger partial charge in [0.2, 0.25) is 0 Å². The molecule has 0 aromatic heterocycles. The van der Waals surface area contributed by atoms with E-state index in [0.717, 1.165) is 21.6 Å². The molecule has 0 spiro atoms. The molecule has 0 amide bonds. The Balaban J connectivity index is 2.39. The molecule has 2 aromatic rings. The van der Waals surface area contributed by atoms with Crippen molar-refractivity contribution >= 4 is 33.2 Å². The molecule has 0 saturated carbocycles. The summed E-state index contributed by atoms with van der Waals surface area (Å²) in [5.74, 6) is 0. The molecule has 21 heavy (non-hydrogen) atoms. The van der Waals surface area contributed by atoms with Crippen molar-refractivity contribution in [2.24, 2.45) is 5.73 Å². The fourth-order valence-corrected chi connectivity index (χ4v) is 3.46. The van der Waals surface area contributed by atoms with Crippen molar-refractivity contribution < 1.29 is 0 Å². The Bertz CT molecular complexity index is 598. The van der Waals surface area contributed by atoms with Crippen LogP contribution in [-0.2, 0) is 0 Å². The molecule has 1 atom stereocenters. The van der Waals surface area contributed by atoms with E-state index in [4.69, 9.17) is 17.3 Å². The standard InChI is InChI=1S/C17H20BrClN2/c1-3-21(14-7-4-12(2)5-8-14)17(11-20)15-9-6-13(19)10-16(15)18/h4-10,17H,3,11,20H2,1-2H3. The van der Waals surface area contributed by atoms with Crippen LogP contribution in [0.2, 0.25) is 5.02 Å². The largest absolute Gasteiger partial charge is 0.363 e. The predicted molar refractivity (Wildman–Crippen MR) is 95.1 cm³/mol. The van der Waals surface area contributed by atoms with Crippen LogP contribution in [0, 0.1) is 6.92 Å². The molecule has 2 nitrogen and oxygen atoms in total. The third kappa shape index (κ3) is 3.79. The van der Waals surface area contributed by atoms with Gasteiger partial charge in [-0.1, -0.05) is 51.3 Å². The molecule has 2 aromatic carbocycles. The topological polar surface area (TPSA) is 29.3 Å². The van der Waals surface area contributed by atoms with E-state index in [1.807, 2.05) is 18.2 Å². The number of aryl methyl sites for hydroxylation is 1. The zero-order valence-electron chi connectivity index (χ0n) is 12.3. The number of benzene rings is 2. The highest BCUT2D eigenvalue weighted by atomic mass is 79.9. The molecule has 0 aliphatic heterocycles. The quantitative estimate of drug-likeness (QED) is 0.811. The number of hydrogen-bond acceptors (Lipinski definition) is 2. The maximum Gasteiger partial charge on any atom is 0.0675 e. The molecule has 2 rings (SSSR count). The van der Waals surface area contributed by atoms with Crippen LogP contribution in [0.25, 0.3) is 0 Å². The predicted octanol–water partition coefficient (Wildman–Crippen LogP) is 4.94. The Morgan fingerprint density at radius 2 is 1.86 bits per heavy atom. The van der Waals surface area contributed by atoms with E-state index < -0.39 is 0 Å². The minimum atomic E-state index is 0.115. The lowest BCUT2D eigenvalue weighted by Crippen LogP contribution is -2.34. The maximum absolute atomic E-state index is 6.06. The summed E-state index contributed by atoms with van der Waals surface area (Å²) in [5.41, 5.74) is 9.65. The van der Waals surface area contributed by atoms with Crippen molar-refractivity contribution in [1.29, 1.82) is 0 Å². The van der Waals surface area contributed by atoms with E-state index in [1.165, 1.54) is 11.3 Å². The molecule has 1 unspecified atom stereocenters. The van der Waals surface area contributed by atoms with Crippen molar-refractivity contribution in [3.63, 3.8) is 0 Å². The molecular formula is C17H20BrClN2. The number of hydrogen-bond donors (Lipinski definition) is 1. The summed E-state index contributed by atoms with van der Waals surface area (Å²) in [6, 6.07) is 14.5. The number of halogens is 2. The summed E-state index contributed by atoms with van der Waals surface area (Å²) in [4.78, 5) is 2.31. The minimum Gasteiger partial charge on any atom is -0.363 e. The lowest BCUT2D eigenvalue weighted by atomic mass is 10.0. The molecule has 0 bridgehead atoms. The van der Waals surface area contributed by atoms with Crippen LogP contribution in [0.3, 0.4) is 0 Å². The SMILES string of the molecule is CCN(c1ccc(C)cc1)C(CN)c1ccc(Cl)cc1Br. The van der Waals surface area contributed by atoms with Crippen LogP contribution < -0.4 is 10.6 Å². The highest BCUT2D eigenvalue weighted by molar-refractivity contribution is 9.10. The lowest BCUT2D eigenvalue weighted by molar-refractivity contribution is 0.641. The van der Waals surface area contributed by atoms with E-state index in [-0.39, 0.29) is 6.04 Å². The smallest absolute Gasteiger partial charge is 0.0675 e. The van der Waals surface area contributed by atoms with Gasteiger partial charge in [0.15, 0.2) is 0 Å². The minimum absolute atomic E-state index is 0.115. The Labute approximate surface area is 140 Å². The van der Waals surface area contributed by atoms with Crippen LogP contribution >= 0.6 is 27.5 Å². The lowest BCUT2D eigenvalue weighted by Gasteiger charge is -2.33. The molecule has 0 aliphatic rings. The number of nitrogens with two attached hydrogens (primary N) is 1. The van der Waals surface area contributed by atoms with E-state index >= 15 is 0 Å². The summed E-state index contributed by atoms with van der Waals surface area (Å²) in [5, 5.41) is 0.722. The van der Waals surface area contributed by atoms with Crippen LogP contribution in [0.5, 0.6) is 0 Å². The van der Waals surface area contributed by atoms with Crippen LogP contribution in [-0.4, -0.2) is 13.1 Å². The second kappa shape index (κ2) is 7.30. The van der Waals surface area contributed by atoms with Gasteiger partial charge in [0.25, 0.3) is 0 Å². The van der Waals surface area contributed by atoms with E-state index in [2.05, 4.69) is 58.9 Å². The van der Waals surface area contributed by atoms with Gasteiger partial charge >= 0.3 is 0 Å². The van der Waals surface area contributed by atoms with E-state index in [1.54, 1.807) is 0 Å². The zero-order valence-corrected chi connectivity index (χ0v) is 14.7. The van der Waals surface area contributed by atoms with Gasteiger partial charge < -0.3 is 10.6 Å². The van der Waals surface area contributed by atoms with Crippen molar-refractivity contribution in [2.45, 2.75) is 19.9 Å². The number of likely N-dealkylation sites (N-methyl/N-ethyl adjacent to an activating group) is 1. The van der Waals surface area contributed by atoms with Gasteiger partial charge in [-0.25, -0.2) is 0 Å². The highest BCUT2D eigenvalue weighted by Crippen LogP contribution is 2.32. The number of rotatable bonds is 5. The van der Waals surface area contributed by atoms with Gasteiger partial charge in [-0.2, -0.15) is 0 Å². The van der Waals surface area contributed by atoms with Gasteiger partial charge in [-0.15, -0.1) is 0 Å². The van der Waals surface area contributed by atoms with E-state index in [9.17, 15) is 0 Å². The monoisotopic (exact) mass is 366 g/mol. The van der Waals surface area contributed by atoms with Crippen molar-refractivity contribution in [3.8, 4) is 0 Å². The van der Waals surface area contributed by atoms with Crippen LogP contribution in [0.4, 0.5) is 5.69 Å². The first-order valence-electron chi connectivity index (χ1n) is 7.05. The van der Waals surface area contributed by atoms with Crippen LogP contribution in [0.1, 0.15) is 24.1 Å². The summed E-state index contributed by atoms with van der Waals surface area (Å²) in [6.45, 7) is 5.67. The van der Waals surface area contributed by atoms with Gasteiger partial charge in [0.05, 0.1) is 6.04 Å². The third-order valence-corrected chi connectivity index (χ3v) is 4.55. The second-order valence-corrected chi connectivity index (χ2v) is 6.33. The Kier molecular flexibility index (Phi) is 5.68. The first-order chi connectivity index (χ1) is 10.1. The average Bonchev–Trinajstić information content (AvgIpc) is 2.47. The molecule has 112 valence electrons. The first kappa shape index (κ1) is 16.3. The van der Waals surface area contributed by atoms with Gasteiger partial charge in [0, 0.05) is 28.3 Å². The normalized spacial score (nSPS) is 12.2. The molecule has 0 radical (unpaired) electrons. The Hall–Kier alpha value is -1.03. The van der Waals surface area contributed by atoms with Crippen molar-refractivity contribution in [1.82, 2.24) is 0 Å². The molecule has 4 heteroatoms. The molecule has 0 fully saturated rings. The summed E-state index contributed by atoms with van der Waals surface area (Å²) < 4.78 is 0.996. The fourth-order valence-electron chi connectivity index (χ4n) is 2.51. The van der Waals surface area contributed by atoms with E-state index in [0.29, 0.717) is 6.54 Å². The highest BCUT2D eigenvalue weighted by Gasteiger charge is 2.20. The second-order valence-electron chi connectivity index (χ2n) is 5.04. The summed E-state index contributed by atoms with van der Waals surface area (Å²) >= 11 is 9.64. The zero-order chi connectivity index (χ0) is 15.4. The fraction of sp³-hybridized carbons (Fsp3) is 0.294. The molecular weight excluding hydrogens is 348 g/mol. The maximum atomic E-state index is 6.06. The molecule has 0 heterocycles. The molecule has 0 saturated heterocycles. The number of anilines is 1. The number of nitrogens with zero attached hydrogens (tertiary/aromatic N) is 1. The molecule has 0 aliphatic carbocycles. The Morgan fingerprint density at radius 1 is 1.19 bits per heavy atom. The Morgan fingerprint density at radius 3 is 2.38 bits per heavy atom. The average molecular weight is 368 g/mol. The van der Waals surface area contributed by atoms with Crippen molar-refractivity contribution in [2.75, 3.05) is 18.0 Å². The van der Waals surface area contributed by atoms with Gasteiger partial charge in [-0.05, 0) is 43.7 Å².